The molecule has 3 rings (SSSR count). The van der Waals surface area contributed by atoms with E-state index in [1.807, 2.05) is 48.5 Å². The molecule has 2 nitrogen and oxygen atoms in total. The second-order valence-corrected chi connectivity index (χ2v) is 20.6. The Morgan fingerprint density at radius 2 is 0.971 bits per heavy atom. The highest BCUT2D eigenvalue weighted by Gasteiger charge is 2.40. The predicted molar refractivity (Wildman–Crippen MR) is 153 cm³/mol. The maximum absolute atomic E-state index is 10.4. The summed E-state index contributed by atoms with van der Waals surface area (Å²) in [7, 11) is -4.27. The van der Waals surface area contributed by atoms with Gasteiger partial charge in [-0.05, 0) is 37.1 Å². The summed E-state index contributed by atoms with van der Waals surface area (Å²) in [5.41, 5.74) is 4.56. The van der Waals surface area contributed by atoms with E-state index in [9.17, 15) is 10.2 Å². The van der Waals surface area contributed by atoms with Crippen molar-refractivity contribution in [1.29, 1.82) is 0 Å². The molecular weight excluding hydrogens is 495 g/mol. The molecule has 0 spiro atoms. The SMILES string of the molecule is Cc1cc([Si](C)(C)C(CO)c2ccccc2Cl)c(C)cc1[Si](C)(C)C(CO)c1ccccc1Cl. The van der Waals surface area contributed by atoms with Gasteiger partial charge in [0.25, 0.3) is 0 Å². The van der Waals surface area contributed by atoms with E-state index in [0.29, 0.717) is 10.0 Å². The van der Waals surface area contributed by atoms with Gasteiger partial charge in [0.05, 0.1) is 16.1 Å². The van der Waals surface area contributed by atoms with Crippen molar-refractivity contribution < 1.29 is 10.2 Å². The smallest absolute Gasteiger partial charge is 0.0910 e. The van der Waals surface area contributed by atoms with Crippen LogP contribution >= 0.6 is 23.2 Å². The lowest BCUT2D eigenvalue weighted by Gasteiger charge is -2.37. The Morgan fingerprint density at radius 1 is 0.647 bits per heavy atom. The van der Waals surface area contributed by atoms with Gasteiger partial charge in [-0.1, -0.05) is 119 Å². The molecule has 2 atom stereocenters. The molecule has 0 aliphatic heterocycles. The van der Waals surface area contributed by atoms with E-state index in [1.165, 1.54) is 21.5 Å². The summed E-state index contributed by atoms with van der Waals surface area (Å²) in [5, 5.41) is 25.0. The number of benzene rings is 3. The average molecular weight is 532 g/mol. The highest BCUT2D eigenvalue weighted by molar-refractivity contribution is 6.93. The zero-order chi connectivity index (χ0) is 25.3. The molecule has 0 radical (unpaired) electrons. The van der Waals surface area contributed by atoms with Gasteiger partial charge in [0.15, 0.2) is 0 Å². The minimum atomic E-state index is -2.14. The topological polar surface area (TPSA) is 40.5 Å². The van der Waals surface area contributed by atoms with E-state index in [4.69, 9.17) is 23.2 Å². The van der Waals surface area contributed by atoms with Crippen LogP contribution in [-0.4, -0.2) is 39.6 Å². The van der Waals surface area contributed by atoms with Crippen molar-refractivity contribution in [2.75, 3.05) is 13.2 Å². The number of aryl methyl sites for hydroxylation is 2. The van der Waals surface area contributed by atoms with Gasteiger partial charge in [-0.15, -0.1) is 0 Å². The molecule has 0 bridgehead atoms. The second kappa shape index (κ2) is 10.7. The third-order valence-corrected chi connectivity index (χ3v) is 16.6. The first-order chi connectivity index (χ1) is 16.0. The van der Waals surface area contributed by atoms with Crippen LogP contribution in [0.4, 0.5) is 0 Å². The first-order valence-corrected chi connectivity index (χ1v) is 18.7. The molecule has 182 valence electrons. The maximum atomic E-state index is 10.4. The molecule has 0 heterocycles. The molecular formula is C28H36Cl2O2Si2. The fourth-order valence-corrected chi connectivity index (χ4v) is 13.3. The first-order valence-electron chi connectivity index (χ1n) is 11.8. The van der Waals surface area contributed by atoms with Crippen LogP contribution in [0.2, 0.25) is 36.2 Å². The van der Waals surface area contributed by atoms with E-state index in [0.717, 1.165) is 11.1 Å². The van der Waals surface area contributed by atoms with Gasteiger partial charge in [-0.25, -0.2) is 0 Å². The van der Waals surface area contributed by atoms with E-state index >= 15 is 0 Å². The summed E-state index contributed by atoms with van der Waals surface area (Å²) in [5.74, 6) is 0. The standard InChI is InChI=1S/C28H36Cl2O2Si2/c1-19-15-26(34(5,6)28(18-32)22-12-8-10-14-24(22)30)20(2)16-25(19)33(3,4)27(17-31)21-11-7-9-13-23(21)29/h7-16,27-28,31-32H,17-18H2,1-6H3. The first kappa shape index (κ1) is 27.2. The largest absolute Gasteiger partial charge is 0.396 e. The van der Waals surface area contributed by atoms with Crippen LogP contribution < -0.4 is 10.4 Å². The van der Waals surface area contributed by atoms with Crippen LogP contribution in [0.25, 0.3) is 0 Å². The maximum Gasteiger partial charge on any atom is 0.0910 e. The Morgan fingerprint density at radius 3 is 1.26 bits per heavy atom. The van der Waals surface area contributed by atoms with Gasteiger partial charge in [-0.3, -0.25) is 0 Å². The zero-order valence-corrected chi connectivity index (χ0v) is 24.5. The normalized spacial score (nSPS) is 14.2. The Balaban J connectivity index is 2.09. The van der Waals surface area contributed by atoms with Gasteiger partial charge in [-0.2, -0.15) is 0 Å². The molecule has 34 heavy (non-hydrogen) atoms. The molecule has 2 unspecified atom stereocenters. The Kier molecular flexibility index (Phi) is 8.55. The molecule has 6 heteroatoms. The van der Waals surface area contributed by atoms with Gasteiger partial charge in [0, 0.05) is 34.3 Å². The Labute approximate surface area is 216 Å². The van der Waals surface area contributed by atoms with Crippen LogP contribution in [0.1, 0.15) is 33.3 Å². The highest BCUT2D eigenvalue weighted by Crippen LogP contribution is 2.34. The lowest BCUT2D eigenvalue weighted by atomic mass is 10.1. The molecule has 2 N–H and O–H groups in total. The van der Waals surface area contributed by atoms with Crippen LogP contribution in [0.5, 0.6) is 0 Å². The number of hydrogen-bond acceptors (Lipinski definition) is 2. The summed E-state index contributed by atoms with van der Waals surface area (Å²) in [6.45, 7) is 13.8. The lowest BCUT2D eigenvalue weighted by Crippen LogP contribution is -2.54. The minimum absolute atomic E-state index is 0.00345. The fraction of sp³-hybridized carbons (Fsp3) is 0.357. The molecule has 0 saturated heterocycles. The van der Waals surface area contributed by atoms with Crippen molar-refractivity contribution in [2.24, 2.45) is 0 Å². The fourth-order valence-electron chi connectivity index (χ4n) is 5.53. The van der Waals surface area contributed by atoms with Gasteiger partial charge < -0.3 is 10.2 Å². The summed E-state index contributed by atoms with van der Waals surface area (Å²) < 4.78 is 0. The number of aliphatic hydroxyl groups is 2. The predicted octanol–water partition coefficient (Wildman–Crippen LogP) is 6.07. The van der Waals surface area contributed by atoms with E-state index < -0.39 is 16.1 Å². The molecule has 0 aromatic heterocycles. The quantitative estimate of drug-likeness (QED) is 0.347. The Bertz CT molecular complexity index is 1070. The number of hydrogen-bond donors (Lipinski definition) is 2. The van der Waals surface area contributed by atoms with Crippen molar-refractivity contribution in [3.05, 3.63) is 93.0 Å². The van der Waals surface area contributed by atoms with Crippen LogP contribution in [-0.2, 0) is 0 Å². The van der Waals surface area contributed by atoms with E-state index in [1.54, 1.807) is 0 Å². The molecule has 0 amide bonds. The molecule has 3 aromatic rings. The zero-order valence-electron chi connectivity index (χ0n) is 21.0. The monoisotopic (exact) mass is 530 g/mol. The average Bonchev–Trinajstić information content (AvgIpc) is 2.78. The van der Waals surface area contributed by atoms with Gasteiger partial charge in [0.1, 0.15) is 0 Å². The number of rotatable bonds is 8. The van der Waals surface area contributed by atoms with Gasteiger partial charge >= 0.3 is 0 Å². The number of aliphatic hydroxyl groups excluding tert-OH is 2. The van der Waals surface area contributed by atoms with Crippen molar-refractivity contribution in [3.63, 3.8) is 0 Å². The van der Waals surface area contributed by atoms with E-state index in [2.05, 4.69) is 52.2 Å². The molecule has 0 saturated carbocycles. The van der Waals surface area contributed by atoms with Gasteiger partial charge in [0.2, 0.25) is 0 Å². The summed E-state index contributed by atoms with van der Waals surface area (Å²) in [4.78, 5) is 0. The Hall–Kier alpha value is -1.41. The summed E-state index contributed by atoms with van der Waals surface area (Å²) in [6, 6.07) is 20.4. The van der Waals surface area contributed by atoms with Crippen molar-refractivity contribution in [2.45, 2.75) is 51.1 Å². The number of halogens is 2. The van der Waals surface area contributed by atoms with Crippen molar-refractivity contribution in [1.82, 2.24) is 0 Å². The second-order valence-electron chi connectivity index (χ2n) is 10.4. The molecule has 0 fully saturated rings. The molecule has 0 aliphatic carbocycles. The summed E-state index contributed by atoms with van der Waals surface area (Å²) in [6.07, 6.45) is 0. The lowest BCUT2D eigenvalue weighted by molar-refractivity contribution is 0.290. The third kappa shape index (κ3) is 5.08. The van der Waals surface area contributed by atoms with Crippen molar-refractivity contribution >= 4 is 49.7 Å². The van der Waals surface area contributed by atoms with Crippen LogP contribution in [0.15, 0.2) is 60.7 Å². The van der Waals surface area contributed by atoms with Crippen molar-refractivity contribution in [3.8, 4) is 0 Å². The molecule has 0 aliphatic rings. The third-order valence-electron chi connectivity index (χ3n) is 7.63. The minimum Gasteiger partial charge on any atom is -0.396 e. The van der Waals surface area contributed by atoms with Crippen LogP contribution in [0.3, 0.4) is 0 Å². The molecule has 3 aromatic carbocycles. The summed E-state index contributed by atoms with van der Waals surface area (Å²) >= 11 is 13.1. The van der Waals surface area contributed by atoms with Crippen LogP contribution in [0, 0.1) is 13.8 Å². The highest BCUT2D eigenvalue weighted by atomic mass is 35.5. The van der Waals surface area contributed by atoms with E-state index in [-0.39, 0.29) is 24.3 Å².